The number of benzene rings is 1. The van der Waals surface area contributed by atoms with Gasteiger partial charge in [0.25, 0.3) is 0 Å². The van der Waals surface area contributed by atoms with E-state index in [2.05, 4.69) is 23.3 Å². The first-order chi connectivity index (χ1) is 15.7. The summed E-state index contributed by atoms with van der Waals surface area (Å²) in [6.07, 6.45) is 5.83. The fourth-order valence-corrected chi connectivity index (χ4v) is 6.43. The summed E-state index contributed by atoms with van der Waals surface area (Å²) in [6, 6.07) is 6.33. The number of ether oxygens (including phenoxy) is 1. The molecule has 172 valence electrons. The molecule has 1 aliphatic rings. The summed E-state index contributed by atoms with van der Waals surface area (Å²) in [7, 11) is 1.97. The quantitative estimate of drug-likeness (QED) is 0.349. The van der Waals surface area contributed by atoms with Crippen molar-refractivity contribution >= 4 is 38.2 Å². The Morgan fingerprint density at radius 1 is 1.21 bits per heavy atom. The monoisotopic (exact) mass is 461 g/mol. The van der Waals surface area contributed by atoms with Gasteiger partial charge in [0.05, 0.1) is 17.3 Å². The fraction of sp³-hybridized carbons (Fsp3) is 0.444. The molecule has 5 rings (SSSR count). The van der Waals surface area contributed by atoms with Crippen LogP contribution in [0, 0.1) is 6.92 Å². The summed E-state index contributed by atoms with van der Waals surface area (Å²) < 4.78 is 8.31. The van der Waals surface area contributed by atoms with Crippen LogP contribution in [0.3, 0.4) is 0 Å². The van der Waals surface area contributed by atoms with Crippen LogP contribution in [0.4, 0.5) is 0 Å². The summed E-state index contributed by atoms with van der Waals surface area (Å²) in [5.41, 5.74) is 5.96. The van der Waals surface area contributed by atoms with Gasteiger partial charge in [-0.15, -0.1) is 11.3 Å². The lowest BCUT2D eigenvalue weighted by Crippen LogP contribution is -2.27. The molecule has 0 saturated carbocycles. The van der Waals surface area contributed by atoms with Gasteiger partial charge in [-0.05, 0) is 77.5 Å². The van der Waals surface area contributed by atoms with E-state index in [0.717, 1.165) is 51.0 Å². The molecule has 0 radical (unpaired) electrons. The largest absolute Gasteiger partial charge is 0.360 e. The summed E-state index contributed by atoms with van der Waals surface area (Å²) in [6.45, 7) is 9.63. The number of aromatic nitrogens is 3. The maximum Gasteiger partial charge on any atom is 0.163 e. The van der Waals surface area contributed by atoms with Gasteiger partial charge in [0.15, 0.2) is 5.78 Å². The van der Waals surface area contributed by atoms with Crippen LogP contribution < -0.4 is 0 Å². The summed E-state index contributed by atoms with van der Waals surface area (Å²) >= 11 is 1.82. The van der Waals surface area contributed by atoms with Crippen molar-refractivity contribution < 1.29 is 9.53 Å². The van der Waals surface area contributed by atoms with E-state index in [4.69, 9.17) is 9.72 Å². The predicted octanol–water partition coefficient (Wildman–Crippen LogP) is 6.48. The number of carbonyl (C=O) groups excluding carboxylic acids is 1. The highest BCUT2D eigenvalue weighted by Gasteiger charge is 2.32. The van der Waals surface area contributed by atoms with Crippen LogP contribution >= 0.6 is 11.3 Å². The number of carbonyl (C=O) groups is 1. The number of Topliss-reactive ketones (excluding diaryl/α,β-unsaturated/α-hetero) is 1. The van der Waals surface area contributed by atoms with Crippen molar-refractivity contribution in [3.8, 4) is 11.1 Å². The number of rotatable bonds is 4. The Kier molecular flexibility index (Phi) is 5.41. The highest BCUT2D eigenvalue weighted by atomic mass is 32.1. The number of nitrogens with zero attached hydrogens (tertiary/aromatic N) is 3. The lowest BCUT2D eigenvalue weighted by Gasteiger charge is -2.29. The molecule has 0 unspecified atom stereocenters. The predicted molar refractivity (Wildman–Crippen MR) is 135 cm³/mol. The summed E-state index contributed by atoms with van der Waals surface area (Å²) in [5, 5.41) is 6.82. The molecular weight excluding hydrogens is 430 g/mol. The maximum atomic E-state index is 13.0. The third kappa shape index (κ3) is 3.79. The number of pyridine rings is 1. The van der Waals surface area contributed by atoms with Crippen LogP contribution in [0.15, 0.2) is 24.4 Å². The molecule has 33 heavy (non-hydrogen) atoms. The molecule has 0 spiro atoms. The zero-order chi connectivity index (χ0) is 23.5. The summed E-state index contributed by atoms with van der Waals surface area (Å²) in [4.78, 5) is 20.6. The molecule has 0 saturated heterocycles. The van der Waals surface area contributed by atoms with Crippen LogP contribution in [0.25, 0.3) is 32.2 Å². The first kappa shape index (κ1) is 22.2. The minimum atomic E-state index is -0.678. The fourth-order valence-electron chi connectivity index (χ4n) is 5.11. The molecule has 6 heteroatoms. The lowest BCUT2D eigenvalue weighted by molar-refractivity contribution is -0.138. The van der Waals surface area contributed by atoms with E-state index in [1.165, 1.54) is 28.7 Å². The van der Waals surface area contributed by atoms with Crippen LogP contribution in [0.1, 0.15) is 68.3 Å². The number of aryl methyl sites for hydroxylation is 4. The second-order valence-electron chi connectivity index (χ2n) is 10.1. The maximum absolute atomic E-state index is 13.0. The standard InChI is InChI=1S/C27H31N3O2S/c1-15-22(25(16(2)31)32-27(3,4)5)23(17-11-9-12-20-19(17)14-28-30(20)6)24-18-10-7-8-13-21(18)33-26(24)29-15/h9,11-12,14,25H,7-8,10,13H2,1-6H3/t25-/m1/s1. The number of hydrogen-bond acceptors (Lipinski definition) is 5. The van der Waals surface area contributed by atoms with Crippen molar-refractivity contribution in [3.63, 3.8) is 0 Å². The van der Waals surface area contributed by atoms with Crippen molar-refractivity contribution in [3.05, 3.63) is 46.1 Å². The van der Waals surface area contributed by atoms with E-state index < -0.39 is 11.7 Å². The molecule has 0 fully saturated rings. The second kappa shape index (κ2) is 8.03. The highest BCUT2D eigenvalue weighted by Crippen LogP contribution is 2.47. The average molecular weight is 462 g/mol. The molecule has 3 aromatic heterocycles. The Labute approximate surface area is 198 Å². The molecule has 1 aliphatic carbocycles. The molecule has 1 aromatic carbocycles. The van der Waals surface area contributed by atoms with Crippen LogP contribution in [-0.2, 0) is 29.4 Å². The zero-order valence-electron chi connectivity index (χ0n) is 20.3. The number of thiophene rings is 1. The van der Waals surface area contributed by atoms with Crippen molar-refractivity contribution in [2.75, 3.05) is 0 Å². The number of ketones is 1. The molecule has 4 aromatic rings. The molecular formula is C27H31N3O2S. The first-order valence-corrected chi connectivity index (χ1v) is 12.5. The van der Waals surface area contributed by atoms with Crippen molar-refractivity contribution in [2.45, 2.75) is 72.0 Å². The molecule has 0 bridgehead atoms. The average Bonchev–Trinajstić information content (AvgIpc) is 3.31. The van der Waals surface area contributed by atoms with Gasteiger partial charge in [-0.25, -0.2) is 4.98 Å². The molecule has 1 atom stereocenters. The van der Waals surface area contributed by atoms with Crippen molar-refractivity contribution in [1.82, 2.24) is 14.8 Å². The van der Waals surface area contributed by atoms with Crippen LogP contribution in [0.2, 0.25) is 0 Å². The second-order valence-corrected chi connectivity index (χ2v) is 11.2. The van der Waals surface area contributed by atoms with Gasteiger partial charge in [-0.3, -0.25) is 9.48 Å². The van der Waals surface area contributed by atoms with E-state index in [9.17, 15) is 4.79 Å². The molecule has 0 aliphatic heterocycles. The van der Waals surface area contributed by atoms with Gasteiger partial charge in [-0.2, -0.15) is 5.10 Å². The Morgan fingerprint density at radius 2 is 1.97 bits per heavy atom. The minimum Gasteiger partial charge on any atom is -0.360 e. The lowest BCUT2D eigenvalue weighted by atomic mass is 9.86. The van der Waals surface area contributed by atoms with Gasteiger partial charge < -0.3 is 4.74 Å². The molecule has 0 N–H and O–H groups in total. The van der Waals surface area contributed by atoms with E-state index in [-0.39, 0.29) is 5.78 Å². The minimum absolute atomic E-state index is 0.00196. The van der Waals surface area contributed by atoms with E-state index in [1.54, 1.807) is 6.92 Å². The topological polar surface area (TPSA) is 57.0 Å². The number of hydrogen-bond donors (Lipinski definition) is 0. The normalized spacial score (nSPS) is 15.2. The Morgan fingerprint density at radius 3 is 2.70 bits per heavy atom. The van der Waals surface area contributed by atoms with E-state index in [1.807, 2.05) is 57.0 Å². The van der Waals surface area contributed by atoms with Gasteiger partial charge in [-0.1, -0.05) is 12.1 Å². The van der Waals surface area contributed by atoms with Crippen LogP contribution in [-0.4, -0.2) is 26.1 Å². The van der Waals surface area contributed by atoms with Gasteiger partial charge >= 0.3 is 0 Å². The Hall–Kier alpha value is -2.57. The highest BCUT2D eigenvalue weighted by molar-refractivity contribution is 7.19. The first-order valence-electron chi connectivity index (χ1n) is 11.7. The smallest absolute Gasteiger partial charge is 0.163 e. The molecule has 0 amide bonds. The van der Waals surface area contributed by atoms with E-state index >= 15 is 0 Å². The summed E-state index contributed by atoms with van der Waals surface area (Å²) in [5.74, 6) is -0.00196. The SMILES string of the molecule is CC(=O)[C@@H](OC(C)(C)C)c1c(C)nc2sc3c(c2c1-c1cccc2c1cnn2C)CCCC3. The zero-order valence-corrected chi connectivity index (χ0v) is 21.1. The molecule has 5 nitrogen and oxygen atoms in total. The van der Waals surface area contributed by atoms with Gasteiger partial charge in [0.2, 0.25) is 0 Å². The van der Waals surface area contributed by atoms with E-state index in [0.29, 0.717) is 0 Å². The van der Waals surface area contributed by atoms with Crippen molar-refractivity contribution in [2.24, 2.45) is 7.05 Å². The van der Waals surface area contributed by atoms with Gasteiger partial charge in [0.1, 0.15) is 10.9 Å². The Balaban J connectivity index is 1.93. The molecule has 3 heterocycles. The van der Waals surface area contributed by atoms with Crippen molar-refractivity contribution in [1.29, 1.82) is 0 Å². The number of fused-ring (bicyclic) bond motifs is 4. The van der Waals surface area contributed by atoms with Crippen LogP contribution in [0.5, 0.6) is 0 Å². The van der Waals surface area contributed by atoms with Gasteiger partial charge in [0, 0.05) is 39.5 Å². The Bertz CT molecular complexity index is 1390. The third-order valence-corrected chi connectivity index (χ3v) is 7.68. The third-order valence-electron chi connectivity index (χ3n) is 6.50.